The number of nitrogens with one attached hydrogen (secondary N) is 1. The molecule has 0 fully saturated rings. The van der Waals surface area contributed by atoms with Gasteiger partial charge < -0.3 is 5.32 Å². The van der Waals surface area contributed by atoms with Crippen LogP contribution in [0.25, 0.3) is 5.65 Å². The Kier molecular flexibility index (Phi) is 2.86. The molecular weight excluding hydrogens is 242 g/mol. The first-order chi connectivity index (χ1) is 9.22. The first-order valence-electron chi connectivity index (χ1n) is 6.13. The second-order valence-electron chi connectivity index (χ2n) is 4.38. The Bertz CT molecular complexity index is 697. The van der Waals surface area contributed by atoms with Crippen LogP contribution in [-0.4, -0.2) is 35.9 Å². The molecule has 0 atom stereocenters. The lowest BCUT2D eigenvalue weighted by molar-refractivity contribution is 0.741. The molecule has 0 aromatic carbocycles. The van der Waals surface area contributed by atoms with E-state index in [-0.39, 0.29) is 0 Å². The molecule has 0 bridgehead atoms. The molecule has 0 unspecified atom stereocenters. The first-order valence-corrected chi connectivity index (χ1v) is 6.13. The van der Waals surface area contributed by atoms with Gasteiger partial charge in [-0.15, -0.1) is 5.10 Å². The van der Waals surface area contributed by atoms with Crippen molar-refractivity contribution in [3.8, 4) is 0 Å². The van der Waals surface area contributed by atoms with Gasteiger partial charge in [-0.2, -0.15) is 10.1 Å². The molecule has 0 spiro atoms. The monoisotopic (exact) mass is 257 g/mol. The van der Waals surface area contributed by atoms with Gasteiger partial charge in [-0.25, -0.2) is 9.50 Å². The van der Waals surface area contributed by atoms with E-state index in [1.165, 1.54) is 0 Å². The molecule has 3 rings (SSSR count). The summed E-state index contributed by atoms with van der Waals surface area (Å²) < 4.78 is 3.52. The lowest BCUT2D eigenvalue weighted by Gasteiger charge is -1.98. The van der Waals surface area contributed by atoms with E-state index in [1.807, 2.05) is 36.7 Å². The van der Waals surface area contributed by atoms with Crippen LogP contribution in [0, 0.1) is 6.92 Å². The van der Waals surface area contributed by atoms with E-state index in [0.29, 0.717) is 12.5 Å². The SMILES string of the molecule is Cc1cccc2nc(NCCc3ncn(C)n3)nn12. The van der Waals surface area contributed by atoms with Crippen LogP contribution in [0.4, 0.5) is 5.95 Å². The van der Waals surface area contributed by atoms with Crippen molar-refractivity contribution in [1.82, 2.24) is 29.4 Å². The maximum absolute atomic E-state index is 4.40. The van der Waals surface area contributed by atoms with Gasteiger partial charge in [0.2, 0.25) is 5.95 Å². The molecule has 0 saturated heterocycles. The summed E-state index contributed by atoms with van der Waals surface area (Å²) >= 11 is 0. The summed E-state index contributed by atoms with van der Waals surface area (Å²) in [6, 6.07) is 5.91. The zero-order valence-electron chi connectivity index (χ0n) is 10.9. The number of anilines is 1. The summed E-state index contributed by atoms with van der Waals surface area (Å²) in [5.74, 6) is 1.44. The largest absolute Gasteiger partial charge is 0.352 e. The van der Waals surface area contributed by atoms with Gasteiger partial charge in [-0.05, 0) is 19.1 Å². The molecule has 98 valence electrons. The molecule has 0 aliphatic heterocycles. The molecule has 0 aliphatic carbocycles. The molecule has 1 N–H and O–H groups in total. The third-order valence-corrected chi connectivity index (χ3v) is 2.83. The summed E-state index contributed by atoms with van der Waals surface area (Å²) in [5, 5.41) is 11.8. The molecule has 7 nitrogen and oxygen atoms in total. The molecule has 3 aromatic rings. The molecule has 19 heavy (non-hydrogen) atoms. The maximum Gasteiger partial charge on any atom is 0.243 e. The van der Waals surface area contributed by atoms with E-state index < -0.39 is 0 Å². The fourth-order valence-corrected chi connectivity index (χ4v) is 1.90. The summed E-state index contributed by atoms with van der Waals surface area (Å²) in [7, 11) is 1.86. The van der Waals surface area contributed by atoms with Crippen molar-refractivity contribution in [3.63, 3.8) is 0 Å². The van der Waals surface area contributed by atoms with E-state index >= 15 is 0 Å². The van der Waals surface area contributed by atoms with Crippen molar-refractivity contribution in [2.45, 2.75) is 13.3 Å². The molecule has 3 heterocycles. The molecule has 0 radical (unpaired) electrons. The van der Waals surface area contributed by atoms with Gasteiger partial charge in [0.25, 0.3) is 0 Å². The lowest BCUT2D eigenvalue weighted by atomic mass is 10.4. The van der Waals surface area contributed by atoms with Crippen molar-refractivity contribution >= 4 is 11.6 Å². The topological polar surface area (TPSA) is 72.9 Å². The van der Waals surface area contributed by atoms with Crippen molar-refractivity contribution in [3.05, 3.63) is 36.0 Å². The van der Waals surface area contributed by atoms with E-state index in [9.17, 15) is 0 Å². The number of hydrogen-bond acceptors (Lipinski definition) is 5. The van der Waals surface area contributed by atoms with Crippen LogP contribution in [0.15, 0.2) is 24.5 Å². The van der Waals surface area contributed by atoms with Gasteiger partial charge in [-0.3, -0.25) is 4.68 Å². The van der Waals surface area contributed by atoms with Gasteiger partial charge in [0.1, 0.15) is 6.33 Å². The molecule has 0 saturated carbocycles. The Labute approximate surface area is 110 Å². The van der Waals surface area contributed by atoms with Crippen LogP contribution in [0.5, 0.6) is 0 Å². The quantitative estimate of drug-likeness (QED) is 0.749. The lowest BCUT2D eigenvalue weighted by Crippen LogP contribution is -2.07. The van der Waals surface area contributed by atoms with Crippen LogP contribution in [-0.2, 0) is 13.5 Å². The Morgan fingerprint density at radius 2 is 2.16 bits per heavy atom. The number of rotatable bonds is 4. The molecule has 7 heteroatoms. The zero-order valence-corrected chi connectivity index (χ0v) is 10.9. The van der Waals surface area contributed by atoms with Crippen molar-refractivity contribution < 1.29 is 0 Å². The Balaban J connectivity index is 1.67. The number of hydrogen-bond donors (Lipinski definition) is 1. The van der Waals surface area contributed by atoms with Crippen LogP contribution in [0.3, 0.4) is 0 Å². The van der Waals surface area contributed by atoms with Gasteiger partial charge in [-0.1, -0.05) is 6.07 Å². The summed E-state index contributed by atoms with van der Waals surface area (Å²) in [6.45, 7) is 2.71. The predicted octanol–water partition coefficient (Wildman–Crippen LogP) is 0.821. The number of fused-ring (bicyclic) bond motifs is 1. The van der Waals surface area contributed by atoms with E-state index in [1.54, 1.807) is 11.0 Å². The van der Waals surface area contributed by atoms with Gasteiger partial charge in [0, 0.05) is 25.7 Å². The van der Waals surface area contributed by atoms with E-state index in [0.717, 1.165) is 23.6 Å². The van der Waals surface area contributed by atoms with Gasteiger partial charge in [0.05, 0.1) is 0 Å². The molecule has 0 aliphatic rings. The smallest absolute Gasteiger partial charge is 0.243 e. The number of nitrogens with zero attached hydrogens (tertiary/aromatic N) is 6. The second kappa shape index (κ2) is 4.68. The van der Waals surface area contributed by atoms with Crippen LogP contribution >= 0.6 is 0 Å². The Morgan fingerprint density at radius 3 is 2.89 bits per heavy atom. The minimum Gasteiger partial charge on any atom is -0.352 e. The highest BCUT2D eigenvalue weighted by molar-refractivity contribution is 5.44. The number of aromatic nitrogens is 6. The van der Waals surface area contributed by atoms with Crippen molar-refractivity contribution in [2.24, 2.45) is 7.05 Å². The van der Waals surface area contributed by atoms with Gasteiger partial charge >= 0.3 is 0 Å². The maximum atomic E-state index is 4.40. The Hall–Kier alpha value is -2.44. The fraction of sp³-hybridized carbons (Fsp3) is 0.333. The fourth-order valence-electron chi connectivity index (χ4n) is 1.90. The normalized spacial score (nSPS) is 11.1. The highest BCUT2D eigenvalue weighted by atomic mass is 15.4. The Morgan fingerprint density at radius 1 is 1.26 bits per heavy atom. The molecule has 0 amide bonds. The first kappa shape index (κ1) is 11.6. The standard InChI is InChI=1S/C12H15N7/c1-9-4-3-5-11-15-12(17-19(9)11)13-7-6-10-14-8-18(2)16-10/h3-5,8H,6-7H2,1-2H3,(H,13,17). The van der Waals surface area contributed by atoms with E-state index in [4.69, 9.17) is 0 Å². The van der Waals surface area contributed by atoms with Crippen LogP contribution in [0.1, 0.15) is 11.5 Å². The summed E-state index contributed by atoms with van der Waals surface area (Å²) in [6.07, 6.45) is 2.44. The predicted molar refractivity (Wildman–Crippen MR) is 70.9 cm³/mol. The molecular formula is C12H15N7. The van der Waals surface area contributed by atoms with E-state index in [2.05, 4.69) is 25.5 Å². The minimum atomic E-state index is 0.630. The second-order valence-corrected chi connectivity index (χ2v) is 4.38. The minimum absolute atomic E-state index is 0.630. The van der Waals surface area contributed by atoms with Gasteiger partial charge in [0.15, 0.2) is 11.5 Å². The third kappa shape index (κ3) is 2.40. The number of pyridine rings is 1. The molecule has 3 aromatic heterocycles. The number of aryl methyl sites for hydroxylation is 2. The van der Waals surface area contributed by atoms with Crippen LogP contribution in [0.2, 0.25) is 0 Å². The summed E-state index contributed by atoms with van der Waals surface area (Å²) in [4.78, 5) is 8.57. The average Bonchev–Trinajstić information content (AvgIpc) is 2.97. The highest BCUT2D eigenvalue weighted by Crippen LogP contribution is 2.07. The summed E-state index contributed by atoms with van der Waals surface area (Å²) in [5.41, 5.74) is 1.91. The van der Waals surface area contributed by atoms with Crippen molar-refractivity contribution in [2.75, 3.05) is 11.9 Å². The highest BCUT2D eigenvalue weighted by Gasteiger charge is 2.05. The zero-order chi connectivity index (χ0) is 13.2. The average molecular weight is 257 g/mol. The van der Waals surface area contributed by atoms with Crippen molar-refractivity contribution in [1.29, 1.82) is 0 Å². The third-order valence-electron chi connectivity index (χ3n) is 2.83. The van der Waals surface area contributed by atoms with Crippen LogP contribution < -0.4 is 5.32 Å².